The minimum Gasteiger partial charge on any atom is -0.302 e. The molecule has 0 atom stereocenters. The van der Waals surface area contributed by atoms with Crippen molar-refractivity contribution in [1.82, 2.24) is 0 Å². The normalized spacial score (nSPS) is 57.8. The standard InChI is InChI=1S/C20H31O4P/c21-25(22,23-19-7-13-1-14(8-19)3-15(2-13)9-19)24-20-10-16-4-17(11-20)6-18(5-16)12-20/h13-18H,1-12H2,(H,21,22). The summed E-state index contributed by atoms with van der Waals surface area (Å²) in [4.78, 5) is 10.7. The molecule has 0 aromatic carbocycles. The van der Waals surface area contributed by atoms with Crippen molar-refractivity contribution in [3.05, 3.63) is 0 Å². The molecule has 8 fully saturated rings. The van der Waals surface area contributed by atoms with Crippen LogP contribution in [0.25, 0.3) is 0 Å². The van der Waals surface area contributed by atoms with Crippen LogP contribution in [-0.4, -0.2) is 16.1 Å². The molecule has 8 saturated carbocycles. The molecule has 8 bridgehead atoms. The molecule has 8 aliphatic rings. The van der Waals surface area contributed by atoms with Crippen molar-refractivity contribution in [2.24, 2.45) is 35.5 Å². The Labute approximate surface area is 150 Å². The lowest BCUT2D eigenvalue weighted by atomic mass is 9.54. The van der Waals surface area contributed by atoms with Crippen LogP contribution in [0.2, 0.25) is 0 Å². The summed E-state index contributed by atoms with van der Waals surface area (Å²) in [6, 6.07) is 0. The van der Waals surface area contributed by atoms with Gasteiger partial charge in [0.2, 0.25) is 0 Å². The highest BCUT2D eigenvalue weighted by molar-refractivity contribution is 7.47. The van der Waals surface area contributed by atoms with E-state index >= 15 is 0 Å². The third kappa shape index (κ3) is 2.70. The van der Waals surface area contributed by atoms with Gasteiger partial charge >= 0.3 is 7.82 Å². The Hall–Kier alpha value is 0.110. The molecular weight excluding hydrogens is 335 g/mol. The van der Waals surface area contributed by atoms with Crippen LogP contribution in [-0.2, 0) is 13.6 Å². The second-order valence-electron chi connectivity index (χ2n) is 10.9. The average molecular weight is 366 g/mol. The molecule has 0 aromatic rings. The highest BCUT2D eigenvalue weighted by Crippen LogP contribution is 2.66. The van der Waals surface area contributed by atoms with Crippen molar-refractivity contribution >= 4 is 7.82 Å². The first-order chi connectivity index (χ1) is 11.9. The highest BCUT2D eigenvalue weighted by atomic mass is 31.2. The predicted molar refractivity (Wildman–Crippen MR) is 93.8 cm³/mol. The van der Waals surface area contributed by atoms with Crippen LogP contribution in [0.4, 0.5) is 0 Å². The van der Waals surface area contributed by atoms with Crippen molar-refractivity contribution in [2.45, 2.75) is 88.3 Å². The maximum Gasteiger partial charge on any atom is 0.473 e. The molecule has 0 radical (unpaired) electrons. The van der Waals surface area contributed by atoms with Crippen molar-refractivity contribution in [3.8, 4) is 0 Å². The van der Waals surface area contributed by atoms with Crippen LogP contribution in [0.3, 0.4) is 0 Å². The quantitative estimate of drug-likeness (QED) is 0.707. The van der Waals surface area contributed by atoms with Crippen LogP contribution in [0.1, 0.15) is 77.0 Å². The Balaban J connectivity index is 1.21. The van der Waals surface area contributed by atoms with Crippen LogP contribution in [0.15, 0.2) is 0 Å². The van der Waals surface area contributed by atoms with E-state index in [0.29, 0.717) is 35.5 Å². The summed E-state index contributed by atoms with van der Waals surface area (Å²) >= 11 is 0. The molecule has 0 amide bonds. The fourth-order valence-corrected chi connectivity index (χ4v) is 10.3. The van der Waals surface area contributed by atoms with Gasteiger partial charge in [-0.25, -0.2) is 4.57 Å². The Morgan fingerprint density at radius 2 is 0.840 bits per heavy atom. The lowest BCUT2D eigenvalue weighted by Gasteiger charge is -2.58. The molecule has 4 nitrogen and oxygen atoms in total. The van der Waals surface area contributed by atoms with E-state index in [4.69, 9.17) is 9.05 Å². The van der Waals surface area contributed by atoms with Crippen molar-refractivity contribution in [2.75, 3.05) is 0 Å². The maximum atomic E-state index is 13.1. The predicted octanol–water partition coefficient (Wildman–Crippen LogP) is 5.06. The van der Waals surface area contributed by atoms with Gasteiger partial charge in [0.05, 0.1) is 11.2 Å². The van der Waals surface area contributed by atoms with E-state index in [2.05, 4.69) is 0 Å². The fourth-order valence-electron chi connectivity index (χ4n) is 8.79. The number of hydrogen-bond donors (Lipinski definition) is 1. The van der Waals surface area contributed by atoms with Gasteiger partial charge in [-0.15, -0.1) is 0 Å². The smallest absolute Gasteiger partial charge is 0.302 e. The van der Waals surface area contributed by atoms with Crippen LogP contribution < -0.4 is 0 Å². The Kier molecular flexibility index (Phi) is 3.30. The summed E-state index contributed by atoms with van der Waals surface area (Å²) in [5, 5.41) is 0. The first-order valence-electron chi connectivity index (χ1n) is 10.6. The zero-order chi connectivity index (χ0) is 16.9. The molecule has 0 unspecified atom stereocenters. The summed E-state index contributed by atoms with van der Waals surface area (Å²) in [7, 11) is -3.99. The monoisotopic (exact) mass is 366 g/mol. The minimum absolute atomic E-state index is 0.360. The summed E-state index contributed by atoms with van der Waals surface area (Å²) < 4.78 is 25.2. The second kappa shape index (κ2) is 5.13. The summed E-state index contributed by atoms with van der Waals surface area (Å²) in [6.07, 6.45) is 13.8. The van der Waals surface area contributed by atoms with E-state index in [1.54, 1.807) is 0 Å². The molecule has 25 heavy (non-hydrogen) atoms. The molecule has 0 aliphatic heterocycles. The minimum atomic E-state index is -3.99. The van der Waals surface area contributed by atoms with Crippen LogP contribution >= 0.6 is 7.82 Å². The van der Waals surface area contributed by atoms with Gasteiger partial charge in [0.1, 0.15) is 0 Å². The second-order valence-corrected chi connectivity index (χ2v) is 12.2. The average Bonchev–Trinajstić information content (AvgIpc) is 2.40. The van der Waals surface area contributed by atoms with Gasteiger partial charge in [0, 0.05) is 0 Å². The van der Waals surface area contributed by atoms with E-state index < -0.39 is 7.82 Å². The van der Waals surface area contributed by atoms with Gasteiger partial charge < -0.3 is 4.89 Å². The first kappa shape index (κ1) is 16.1. The van der Waals surface area contributed by atoms with E-state index in [0.717, 1.165) is 38.5 Å². The number of rotatable bonds is 4. The Morgan fingerprint density at radius 3 is 1.08 bits per heavy atom. The zero-order valence-corrected chi connectivity index (χ0v) is 16.0. The van der Waals surface area contributed by atoms with Crippen molar-refractivity contribution in [1.29, 1.82) is 0 Å². The summed E-state index contributed by atoms with van der Waals surface area (Å²) in [5.41, 5.74) is -0.720. The molecule has 140 valence electrons. The van der Waals surface area contributed by atoms with E-state index in [-0.39, 0.29) is 11.2 Å². The Morgan fingerprint density at radius 1 is 0.600 bits per heavy atom. The third-order valence-electron chi connectivity index (χ3n) is 8.58. The highest BCUT2D eigenvalue weighted by Gasteiger charge is 2.58. The molecular formula is C20H31O4P. The molecule has 0 aromatic heterocycles. The molecule has 0 heterocycles. The van der Waals surface area contributed by atoms with Gasteiger partial charge in [0.15, 0.2) is 0 Å². The topological polar surface area (TPSA) is 55.8 Å². The SMILES string of the molecule is O=P(O)(OC12CC3CC(CC(C3)C1)C2)OC12CC3CC(CC(C3)C1)C2. The van der Waals surface area contributed by atoms with Gasteiger partial charge in [0.25, 0.3) is 0 Å². The lowest BCUT2D eigenvalue weighted by molar-refractivity contribution is -0.150. The first-order valence-corrected chi connectivity index (χ1v) is 12.1. The zero-order valence-electron chi connectivity index (χ0n) is 15.1. The number of hydrogen-bond acceptors (Lipinski definition) is 3. The van der Waals surface area contributed by atoms with E-state index in [9.17, 15) is 9.46 Å². The summed E-state index contributed by atoms with van der Waals surface area (Å²) in [5.74, 6) is 4.28. The van der Waals surface area contributed by atoms with E-state index in [1.165, 1.54) is 38.5 Å². The maximum absolute atomic E-state index is 13.1. The van der Waals surface area contributed by atoms with Crippen molar-refractivity contribution in [3.63, 3.8) is 0 Å². The van der Waals surface area contributed by atoms with Crippen LogP contribution in [0.5, 0.6) is 0 Å². The number of phosphoric acid groups is 1. The molecule has 1 N–H and O–H groups in total. The molecule has 8 aliphatic carbocycles. The number of phosphoric ester groups is 1. The molecule has 0 spiro atoms. The van der Waals surface area contributed by atoms with Crippen molar-refractivity contribution < 1.29 is 18.5 Å². The summed E-state index contributed by atoms with van der Waals surface area (Å²) in [6.45, 7) is 0. The largest absolute Gasteiger partial charge is 0.473 e. The fraction of sp³-hybridized carbons (Fsp3) is 1.00. The van der Waals surface area contributed by atoms with E-state index in [1.807, 2.05) is 0 Å². The van der Waals surface area contributed by atoms with Gasteiger partial charge in [-0.3, -0.25) is 9.05 Å². The lowest BCUT2D eigenvalue weighted by Crippen LogP contribution is -2.53. The van der Waals surface area contributed by atoms with Gasteiger partial charge in [-0.1, -0.05) is 0 Å². The molecule has 5 heteroatoms. The van der Waals surface area contributed by atoms with Crippen LogP contribution in [0, 0.1) is 35.5 Å². The third-order valence-corrected chi connectivity index (χ3v) is 9.82. The Bertz CT molecular complexity index is 509. The van der Waals surface area contributed by atoms with Gasteiger partial charge in [-0.05, 0) is 113 Å². The molecule has 8 rings (SSSR count). The van der Waals surface area contributed by atoms with Gasteiger partial charge in [-0.2, -0.15) is 0 Å². The molecule has 0 saturated heterocycles.